The lowest BCUT2D eigenvalue weighted by Gasteiger charge is -2.01. The van der Waals surface area contributed by atoms with Crippen LogP contribution in [-0.4, -0.2) is 18.1 Å². The van der Waals surface area contributed by atoms with Crippen molar-refractivity contribution >= 4 is 17.6 Å². The van der Waals surface area contributed by atoms with Crippen LogP contribution < -0.4 is 0 Å². The van der Waals surface area contributed by atoms with Gasteiger partial charge in [0, 0.05) is 6.20 Å². The maximum atomic E-state index is 12.8. The number of carbonyl (C=O) groups excluding carboxylic acids is 1. The average Bonchev–Trinajstić information content (AvgIpc) is 2.03. The van der Waals surface area contributed by atoms with Crippen LogP contribution in [0.5, 0.6) is 0 Å². The van der Waals surface area contributed by atoms with E-state index < -0.39 is 11.8 Å². The van der Waals surface area contributed by atoms with Crippen LogP contribution in [0.3, 0.4) is 0 Å². The average molecular weight is 190 g/mol. The van der Waals surface area contributed by atoms with E-state index in [0.29, 0.717) is 0 Å². The van der Waals surface area contributed by atoms with Gasteiger partial charge >= 0.3 is 5.97 Å². The number of nitrogens with zero attached hydrogens (tertiary/aromatic N) is 1. The molecule has 1 aromatic rings. The number of ether oxygens (including phenoxy) is 1. The van der Waals surface area contributed by atoms with Gasteiger partial charge in [0.25, 0.3) is 0 Å². The Morgan fingerprint density at radius 3 is 2.83 bits per heavy atom. The standard InChI is InChI=1S/C7H5ClFNO2/c1-12-7(11)6-4(8)2-10-3-5(6)9/h2-3H,1H3. The zero-order chi connectivity index (χ0) is 9.14. The van der Waals surface area contributed by atoms with Crippen molar-refractivity contribution in [3.63, 3.8) is 0 Å². The number of pyridine rings is 1. The van der Waals surface area contributed by atoms with Crippen LogP contribution in [0.4, 0.5) is 4.39 Å². The maximum Gasteiger partial charge on any atom is 0.342 e. The molecular weight excluding hydrogens is 185 g/mol. The van der Waals surface area contributed by atoms with Crippen molar-refractivity contribution in [3.8, 4) is 0 Å². The molecule has 3 nitrogen and oxygen atoms in total. The quantitative estimate of drug-likeness (QED) is 0.631. The highest BCUT2D eigenvalue weighted by atomic mass is 35.5. The summed E-state index contributed by atoms with van der Waals surface area (Å²) in [6.07, 6.45) is 2.08. The smallest absolute Gasteiger partial charge is 0.342 e. The summed E-state index contributed by atoms with van der Waals surface area (Å²) >= 11 is 5.50. The molecule has 0 aromatic carbocycles. The first-order chi connectivity index (χ1) is 5.66. The molecule has 0 amide bonds. The largest absolute Gasteiger partial charge is 0.465 e. The lowest BCUT2D eigenvalue weighted by Crippen LogP contribution is -2.05. The fourth-order valence-electron chi connectivity index (χ4n) is 0.708. The summed E-state index contributed by atoms with van der Waals surface area (Å²) in [5, 5.41) is -0.0538. The van der Waals surface area contributed by atoms with Crippen molar-refractivity contribution in [2.24, 2.45) is 0 Å². The molecule has 0 spiro atoms. The lowest BCUT2D eigenvalue weighted by atomic mass is 10.2. The number of aromatic nitrogens is 1. The van der Waals surface area contributed by atoms with E-state index in [1.165, 1.54) is 6.20 Å². The van der Waals surface area contributed by atoms with Gasteiger partial charge in [-0.05, 0) is 0 Å². The SMILES string of the molecule is COC(=O)c1c(F)cncc1Cl. The highest BCUT2D eigenvalue weighted by Gasteiger charge is 2.16. The topological polar surface area (TPSA) is 39.2 Å². The Balaban J connectivity index is 3.21. The van der Waals surface area contributed by atoms with E-state index in [4.69, 9.17) is 11.6 Å². The summed E-state index contributed by atoms with van der Waals surface area (Å²) in [4.78, 5) is 14.3. The zero-order valence-electron chi connectivity index (χ0n) is 6.17. The van der Waals surface area contributed by atoms with Gasteiger partial charge < -0.3 is 4.74 Å². The Morgan fingerprint density at radius 2 is 2.33 bits per heavy atom. The van der Waals surface area contributed by atoms with Gasteiger partial charge in [0.05, 0.1) is 18.3 Å². The Morgan fingerprint density at radius 1 is 1.67 bits per heavy atom. The molecule has 0 unspecified atom stereocenters. The highest BCUT2D eigenvalue weighted by molar-refractivity contribution is 6.33. The summed E-state index contributed by atoms with van der Waals surface area (Å²) in [6.45, 7) is 0. The number of esters is 1. The summed E-state index contributed by atoms with van der Waals surface area (Å²) in [5.41, 5.74) is -0.283. The molecule has 0 radical (unpaired) electrons. The molecule has 0 fully saturated rings. The van der Waals surface area contributed by atoms with Crippen LogP contribution >= 0.6 is 11.6 Å². The van der Waals surface area contributed by atoms with E-state index >= 15 is 0 Å². The van der Waals surface area contributed by atoms with Gasteiger partial charge in [0.2, 0.25) is 0 Å². The first-order valence-corrected chi connectivity index (χ1v) is 3.42. The lowest BCUT2D eigenvalue weighted by molar-refractivity contribution is 0.0595. The molecule has 1 heterocycles. The van der Waals surface area contributed by atoms with Gasteiger partial charge in [-0.2, -0.15) is 0 Å². The van der Waals surface area contributed by atoms with Crippen molar-refractivity contribution in [2.45, 2.75) is 0 Å². The van der Waals surface area contributed by atoms with E-state index in [9.17, 15) is 9.18 Å². The van der Waals surface area contributed by atoms with Gasteiger partial charge in [-0.1, -0.05) is 11.6 Å². The third-order valence-electron chi connectivity index (χ3n) is 1.24. The number of methoxy groups -OCH3 is 1. The minimum Gasteiger partial charge on any atom is -0.465 e. The van der Waals surface area contributed by atoms with Crippen molar-refractivity contribution < 1.29 is 13.9 Å². The number of rotatable bonds is 1. The number of carbonyl (C=O) groups is 1. The molecule has 12 heavy (non-hydrogen) atoms. The van der Waals surface area contributed by atoms with Gasteiger partial charge in [0.1, 0.15) is 5.56 Å². The molecule has 64 valence electrons. The zero-order valence-corrected chi connectivity index (χ0v) is 6.93. The Hall–Kier alpha value is -1.16. The van der Waals surface area contributed by atoms with Crippen LogP contribution in [0.25, 0.3) is 0 Å². The fourth-order valence-corrected chi connectivity index (χ4v) is 0.932. The molecule has 0 N–H and O–H groups in total. The first-order valence-electron chi connectivity index (χ1n) is 3.04. The van der Waals surface area contributed by atoms with Gasteiger partial charge in [-0.25, -0.2) is 9.18 Å². The van der Waals surface area contributed by atoms with Gasteiger partial charge in [-0.15, -0.1) is 0 Å². The van der Waals surface area contributed by atoms with Crippen LogP contribution in [0.15, 0.2) is 12.4 Å². The van der Waals surface area contributed by atoms with E-state index in [-0.39, 0.29) is 10.6 Å². The minimum atomic E-state index is -0.806. The van der Waals surface area contributed by atoms with Crippen LogP contribution in [0.2, 0.25) is 5.02 Å². The van der Waals surface area contributed by atoms with E-state index in [2.05, 4.69) is 9.72 Å². The normalized spacial score (nSPS) is 9.58. The van der Waals surface area contributed by atoms with E-state index in [1.807, 2.05) is 0 Å². The summed E-state index contributed by atoms with van der Waals surface area (Å²) in [6, 6.07) is 0. The third kappa shape index (κ3) is 1.53. The Kier molecular flexibility index (Phi) is 2.60. The molecule has 0 aliphatic carbocycles. The summed E-state index contributed by atoms with van der Waals surface area (Å²) in [5.74, 6) is -1.59. The molecule has 0 aliphatic heterocycles. The molecule has 1 rings (SSSR count). The predicted molar refractivity (Wildman–Crippen MR) is 40.5 cm³/mol. The van der Waals surface area contributed by atoms with E-state index in [1.54, 1.807) is 0 Å². The summed E-state index contributed by atoms with van der Waals surface area (Å²) in [7, 11) is 1.15. The first kappa shape index (κ1) is 8.93. The molecular formula is C7H5ClFNO2. The molecule has 0 bridgehead atoms. The van der Waals surface area contributed by atoms with Gasteiger partial charge in [-0.3, -0.25) is 4.98 Å². The molecule has 0 atom stereocenters. The van der Waals surface area contributed by atoms with Crippen molar-refractivity contribution in [1.29, 1.82) is 0 Å². The monoisotopic (exact) mass is 189 g/mol. The second-order valence-electron chi connectivity index (χ2n) is 1.97. The summed E-state index contributed by atoms with van der Waals surface area (Å²) < 4.78 is 17.1. The van der Waals surface area contributed by atoms with Crippen molar-refractivity contribution in [2.75, 3.05) is 7.11 Å². The third-order valence-corrected chi connectivity index (χ3v) is 1.53. The fraction of sp³-hybridized carbons (Fsp3) is 0.143. The number of hydrogen-bond acceptors (Lipinski definition) is 3. The van der Waals surface area contributed by atoms with Crippen LogP contribution in [0, 0.1) is 5.82 Å². The molecule has 0 aliphatic rings. The Bertz CT molecular complexity index is 296. The number of halogens is 2. The molecule has 0 saturated heterocycles. The highest BCUT2D eigenvalue weighted by Crippen LogP contribution is 2.17. The molecule has 1 aromatic heterocycles. The van der Waals surface area contributed by atoms with Crippen LogP contribution in [-0.2, 0) is 4.74 Å². The number of hydrogen-bond donors (Lipinski definition) is 0. The maximum absolute atomic E-state index is 12.8. The second kappa shape index (κ2) is 3.49. The van der Waals surface area contributed by atoms with Crippen LogP contribution in [0.1, 0.15) is 10.4 Å². The van der Waals surface area contributed by atoms with Gasteiger partial charge in [0.15, 0.2) is 5.82 Å². The Labute approximate surface area is 73.1 Å². The minimum absolute atomic E-state index is 0.0538. The predicted octanol–water partition coefficient (Wildman–Crippen LogP) is 1.66. The van der Waals surface area contributed by atoms with Crippen molar-refractivity contribution in [1.82, 2.24) is 4.98 Å². The molecule has 0 saturated carbocycles. The van der Waals surface area contributed by atoms with Crippen molar-refractivity contribution in [3.05, 3.63) is 28.8 Å². The van der Waals surface area contributed by atoms with E-state index in [0.717, 1.165) is 13.3 Å². The molecule has 5 heteroatoms. The second-order valence-corrected chi connectivity index (χ2v) is 2.38.